The van der Waals surface area contributed by atoms with Gasteiger partial charge in [-0.1, -0.05) is 28.1 Å². The van der Waals surface area contributed by atoms with Gasteiger partial charge >= 0.3 is 0 Å². The van der Waals surface area contributed by atoms with Crippen LogP contribution in [0.25, 0.3) is 0 Å². The van der Waals surface area contributed by atoms with Crippen molar-refractivity contribution >= 4 is 21.6 Å². The Hall–Kier alpha value is -1.86. The lowest BCUT2D eigenvalue weighted by Crippen LogP contribution is -2.30. The summed E-state index contributed by atoms with van der Waals surface area (Å²) in [6.07, 6.45) is 3.40. The molecular weight excluding hydrogens is 290 g/mol. The maximum atomic E-state index is 9.42. The zero-order valence-corrected chi connectivity index (χ0v) is 11.5. The first-order valence-corrected chi connectivity index (χ1v) is 6.29. The van der Waals surface area contributed by atoms with Crippen molar-refractivity contribution in [3.8, 4) is 6.07 Å². The Morgan fingerprint density at radius 3 is 2.78 bits per heavy atom. The van der Waals surface area contributed by atoms with Crippen LogP contribution in [-0.4, -0.2) is 4.98 Å². The number of anilines is 1. The monoisotopic (exact) mass is 301 g/mol. The maximum Gasteiger partial charge on any atom is 0.149 e. The smallest absolute Gasteiger partial charge is 0.149 e. The predicted molar refractivity (Wildman–Crippen MR) is 75.0 cm³/mol. The van der Waals surface area contributed by atoms with Crippen LogP contribution in [0.4, 0.5) is 5.69 Å². The molecule has 1 unspecified atom stereocenters. The molecule has 18 heavy (non-hydrogen) atoms. The van der Waals surface area contributed by atoms with Crippen LogP contribution in [0.1, 0.15) is 12.5 Å². The standard InChI is InChI=1S/C14H12BrN3/c1-14(10-16,11-4-3-7-17-9-11)18-13-6-2-5-12(15)8-13/h2-9,18H,1H3. The van der Waals surface area contributed by atoms with Gasteiger partial charge in [-0.25, -0.2) is 0 Å². The van der Waals surface area contributed by atoms with Gasteiger partial charge in [0.25, 0.3) is 0 Å². The topological polar surface area (TPSA) is 48.7 Å². The summed E-state index contributed by atoms with van der Waals surface area (Å²) >= 11 is 3.41. The molecule has 0 saturated heterocycles. The van der Waals surface area contributed by atoms with Crippen LogP contribution in [0, 0.1) is 11.3 Å². The van der Waals surface area contributed by atoms with Crippen molar-refractivity contribution < 1.29 is 0 Å². The predicted octanol–water partition coefficient (Wildman–Crippen LogP) is 3.69. The fourth-order valence-electron chi connectivity index (χ4n) is 1.68. The first-order valence-electron chi connectivity index (χ1n) is 5.49. The van der Waals surface area contributed by atoms with E-state index in [1.54, 1.807) is 12.4 Å². The number of halogens is 1. The van der Waals surface area contributed by atoms with E-state index < -0.39 is 5.54 Å². The Morgan fingerprint density at radius 1 is 1.33 bits per heavy atom. The number of nitrogens with zero attached hydrogens (tertiary/aromatic N) is 2. The summed E-state index contributed by atoms with van der Waals surface area (Å²) in [4.78, 5) is 4.06. The summed E-state index contributed by atoms with van der Waals surface area (Å²) in [7, 11) is 0. The molecule has 0 fully saturated rings. The number of nitriles is 1. The van der Waals surface area contributed by atoms with Gasteiger partial charge in [-0.3, -0.25) is 4.98 Å². The molecule has 1 atom stereocenters. The quantitative estimate of drug-likeness (QED) is 0.940. The first kappa shape index (κ1) is 12.6. The molecular formula is C14H12BrN3. The highest BCUT2D eigenvalue weighted by Crippen LogP contribution is 2.26. The molecule has 90 valence electrons. The molecule has 3 nitrogen and oxygen atoms in total. The van der Waals surface area contributed by atoms with Crippen LogP contribution in [0.2, 0.25) is 0 Å². The molecule has 0 aliphatic heterocycles. The summed E-state index contributed by atoms with van der Waals surface area (Å²) in [5.41, 5.74) is 0.930. The Bertz CT molecular complexity index is 577. The van der Waals surface area contributed by atoms with Gasteiger partial charge in [0.2, 0.25) is 0 Å². The lowest BCUT2D eigenvalue weighted by atomic mass is 9.95. The van der Waals surface area contributed by atoms with Gasteiger partial charge in [-0.15, -0.1) is 0 Å². The molecule has 1 aromatic heterocycles. The molecule has 2 rings (SSSR count). The number of hydrogen-bond donors (Lipinski definition) is 1. The molecule has 1 heterocycles. The highest BCUT2D eigenvalue weighted by molar-refractivity contribution is 9.10. The Kier molecular flexibility index (Phi) is 3.63. The normalized spacial score (nSPS) is 13.4. The summed E-state index contributed by atoms with van der Waals surface area (Å²) in [5, 5.41) is 12.6. The number of pyridine rings is 1. The van der Waals surface area contributed by atoms with Gasteiger partial charge in [-0.05, 0) is 31.2 Å². The van der Waals surface area contributed by atoms with Crippen LogP contribution in [0.5, 0.6) is 0 Å². The second-order valence-corrected chi connectivity index (χ2v) is 5.03. The van der Waals surface area contributed by atoms with E-state index in [9.17, 15) is 5.26 Å². The van der Waals surface area contributed by atoms with Gasteiger partial charge in [0, 0.05) is 28.1 Å². The third-order valence-corrected chi connectivity index (χ3v) is 3.17. The number of aromatic nitrogens is 1. The van der Waals surface area contributed by atoms with Crippen LogP contribution < -0.4 is 5.32 Å². The lowest BCUT2D eigenvalue weighted by molar-refractivity contribution is 0.702. The molecule has 4 heteroatoms. The van der Waals surface area contributed by atoms with Gasteiger partial charge < -0.3 is 5.32 Å². The molecule has 2 aromatic rings. The van der Waals surface area contributed by atoms with Crippen molar-refractivity contribution in [2.45, 2.75) is 12.5 Å². The summed E-state index contributed by atoms with van der Waals surface area (Å²) in [6.45, 7) is 1.84. The molecule has 0 saturated carbocycles. The summed E-state index contributed by atoms with van der Waals surface area (Å²) in [5.74, 6) is 0. The number of hydrogen-bond acceptors (Lipinski definition) is 3. The Balaban J connectivity index is 2.33. The second kappa shape index (κ2) is 5.19. The third-order valence-electron chi connectivity index (χ3n) is 2.68. The average molecular weight is 302 g/mol. The van der Waals surface area contributed by atoms with Crippen LogP contribution in [0.15, 0.2) is 53.3 Å². The SMILES string of the molecule is CC(C#N)(Nc1cccc(Br)c1)c1cccnc1. The fraction of sp³-hybridized carbons (Fsp3) is 0.143. The zero-order valence-electron chi connectivity index (χ0n) is 9.89. The van der Waals surface area contributed by atoms with E-state index in [2.05, 4.69) is 32.3 Å². The van der Waals surface area contributed by atoms with Crippen molar-refractivity contribution in [1.82, 2.24) is 4.98 Å². The summed E-state index contributed by atoms with van der Waals surface area (Å²) in [6, 6.07) is 13.7. The molecule has 0 spiro atoms. The average Bonchev–Trinajstić information content (AvgIpc) is 2.39. The minimum Gasteiger partial charge on any atom is -0.364 e. The van der Waals surface area contributed by atoms with Crippen molar-refractivity contribution in [2.75, 3.05) is 5.32 Å². The fourth-order valence-corrected chi connectivity index (χ4v) is 2.08. The van der Waals surface area contributed by atoms with Crippen molar-refractivity contribution in [2.24, 2.45) is 0 Å². The first-order chi connectivity index (χ1) is 8.64. The minimum absolute atomic E-state index is 0.797. The highest BCUT2D eigenvalue weighted by atomic mass is 79.9. The molecule has 0 aliphatic rings. The summed E-state index contributed by atoms with van der Waals surface area (Å²) < 4.78 is 0.971. The molecule has 0 amide bonds. The Morgan fingerprint density at radius 2 is 2.17 bits per heavy atom. The lowest BCUT2D eigenvalue weighted by Gasteiger charge is -2.24. The minimum atomic E-state index is -0.797. The third kappa shape index (κ3) is 2.69. The molecule has 1 aromatic carbocycles. The van der Waals surface area contributed by atoms with Gasteiger partial charge in [-0.2, -0.15) is 5.26 Å². The molecule has 0 bridgehead atoms. The van der Waals surface area contributed by atoms with E-state index in [0.717, 1.165) is 15.7 Å². The van der Waals surface area contributed by atoms with E-state index in [-0.39, 0.29) is 0 Å². The largest absolute Gasteiger partial charge is 0.364 e. The van der Waals surface area contributed by atoms with Crippen molar-refractivity contribution in [3.63, 3.8) is 0 Å². The number of benzene rings is 1. The van der Waals surface area contributed by atoms with Crippen LogP contribution in [0.3, 0.4) is 0 Å². The van der Waals surface area contributed by atoms with E-state index in [0.29, 0.717) is 0 Å². The van der Waals surface area contributed by atoms with E-state index in [1.807, 2.05) is 43.3 Å². The highest BCUT2D eigenvalue weighted by Gasteiger charge is 2.26. The van der Waals surface area contributed by atoms with Crippen molar-refractivity contribution in [3.05, 3.63) is 58.8 Å². The number of rotatable bonds is 3. The molecule has 0 aliphatic carbocycles. The molecule has 1 N–H and O–H groups in total. The van der Waals surface area contributed by atoms with Crippen LogP contribution in [-0.2, 0) is 5.54 Å². The zero-order chi connectivity index (χ0) is 13.0. The molecule has 0 radical (unpaired) electrons. The second-order valence-electron chi connectivity index (χ2n) is 4.11. The van der Waals surface area contributed by atoms with Crippen molar-refractivity contribution in [1.29, 1.82) is 5.26 Å². The van der Waals surface area contributed by atoms with E-state index in [4.69, 9.17) is 0 Å². The number of nitrogens with one attached hydrogen (secondary N) is 1. The van der Waals surface area contributed by atoms with Gasteiger partial charge in [0.05, 0.1) is 6.07 Å². The van der Waals surface area contributed by atoms with Gasteiger partial charge in [0.15, 0.2) is 0 Å². The Labute approximate surface area is 115 Å². The van der Waals surface area contributed by atoms with E-state index in [1.165, 1.54) is 0 Å². The van der Waals surface area contributed by atoms with Gasteiger partial charge in [0.1, 0.15) is 5.54 Å². The van der Waals surface area contributed by atoms with Crippen LogP contribution >= 0.6 is 15.9 Å². The van der Waals surface area contributed by atoms with E-state index >= 15 is 0 Å². The maximum absolute atomic E-state index is 9.42.